The molecule has 0 bridgehead atoms. The Morgan fingerprint density at radius 2 is 2.07 bits per heavy atom. The van der Waals surface area contributed by atoms with Crippen molar-refractivity contribution in [3.63, 3.8) is 0 Å². The van der Waals surface area contributed by atoms with E-state index in [1.54, 1.807) is 19.7 Å². The summed E-state index contributed by atoms with van der Waals surface area (Å²) >= 11 is 0. The molecule has 1 aromatic carbocycles. The maximum absolute atomic E-state index is 11.6. The smallest absolute Gasteiger partial charge is 0.220 e. The van der Waals surface area contributed by atoms with Gasteiger partial charge >= 0.3 is 0 Å². The van der Waals surface area contributed by atoms with Crippen LogP contribution in [0.1, 0.15) is 30.4 Å². The van der Waals surface area contributed by atoms with Gasteiger partial charge in [0.05, 0.1) is 6.54 Å². The van der Waals surface area contributed by atoms with Crippen molar-refractivity contribution in [1.82, 2.24) is 30.3 Å². The lowest BCUT2D eigenvalue weighted by Crippen LogP contribution is -2.45. The lowest BCUT2D eigenvalue weighted by Gasteiger charge is -2.34. The number of benzene rings is 1. The van der Waals surface area contributed by atoms with Gasteiger partial charge in [0.1, 0.15) is 12.7 Å². The molecule has 0 atom stereocenters. The molecule has 1 saturated heterocycles. The summed E-state index contributed by atoms with van der Waals surface area (Å²) in [5.41, 5.74) is 2.39. The topological polar surface area (TPSA) is 87.4 Å². The number of hydrogen-bond donors (Lipinski definition) is 2. The highest BCUT2D eigenvalue weighted by molar-refractivity contribution is 5.80. The van der Waals surface area contributed by atoms with Crippen molar-refractivity contribution in [3.05, 3.63) is 48.0 Å². The molecule has 1 aliphatic rings. The maximum Gasteiger partial charge on any atom is 0.220 e. The molecular weight excluding hydrogens is 354 g/mol. The number of aliphatic imine (C=N–C) groups is 1. The summed E-state index contributed by atoms with van der Waals surface area (Å²) in [6.07, 6.45) is 5.92. The van der Waals surface area contributed by atoms with Crippen LogP contribution in [0.4, 0.5) is 0 Å². The van der Waals surface area contributed by atoms with E-state index in [4.69, 9.17) is 0 Å². The number of nitrogens with zero attached hydrogens (tertiary/aromatic N) is 5. The van der Waals surface area contributed by atoms with Crippen LogP contribution in [0, 0.1) is 5.92 Å². The van der Waals surface area contributed by atoms with Gasteiger partial charge in [0.2, 0.25) is 5.91 Å². The fraction of sp³-hybridized carbons (Fsp3) is 0.500. The number of guanidine groups is 1. The molecule has 28 heavy (non-hydrogen) atoms. The number of likely N-dealkylation sites (tertiary alicyclic amines) is 1. The second kappa shape index (κ2) is 9.87. The Balaban J connectivity index is 1.50. The molecule has 8 heteroatoms. The molecule has 2 heterocycles. The van der Waals surface area contributed by atoms with Gasteiger partial charge in [0.25, 0.3) is 0 Å². The van der Waals surface area contributed by atoms with Gasteiger partial charge < -0.3 is 15.5 Å². The van der Waals surface area contributed by atoms with E-state index in [0.29, 0.717) is 18.9 Å². The molecule has 1 aliphatic heterocycles. The average Bonchev–Trinajstić information content (AvgIpc) is 3.23. The lowest BCUT2D eigenvalue weighted by atomic mass is 9.93. The normalized spacial score (nSPS) is 15.5. The first-order chi connectivity index (χ1) is 13.7. The average molecular weight is 384 g/mol. The highest BCUT2D eigenvalue weighted by atomic mass is 16.1. The van der Waals surface area contributed by atoms with Crippen molar-refractivity contribution >= 4 is 11.9 Å². The minimum Gasteiger partial charge on any atom is -0.359 e. The van der Waals surface area contributed by atoms with E-state index in [1.807, 2.05) is 11.7 Å². The van der Waals surface area contributed by atoms with Crippen molar-refractivity contribution < 1.29 is 4.79 Å². The highest BCUT2D eigenvalue weighted by Gasteiger charge is 2.22. The zero-order valence-electron chi connectivity index (χ0n) is 16.6. The van der Waals surface area contributed by atoms with E-state index >= 15 is 0 Å². The van der Waals surface area contributed by atoms with Gasteiger partial charge in [-0.25, -0.2) is 9.67 Å². The van der Waals surface area contributed by atoms with Crippen LogP contribution in [0.25, 0.3) is 0 Å². The number of carbonyl (C=O) groups excluding carboxylic acids is 1. The molecule has 150 valence electrons. The summed E-state index contributed by atoms with van der Waals surface area (Å²) in [4.78, 5) is 22.3. The van der Waals surface area contributed by atoms with Gasteiger partial charge in [0, 0.05) is 40.2 Å². The third-order valence-electron chi connectivity index (χ3n) is 5.13. The minimum atomic E-state index is 0.131. The van der Waals surface area contributed by atoms with Crippen molar-refractivity contribution in [3.8, 4) is 0 Å². The Hall–Kier alpha value is -2.90. The van der Waals surface area contributed by atoms with Crippen LogP contribution in [0.5, 0.6) is 0 Å². The molecule has 0 radical (unpaired) electrons. The Kier molecular flexibility index (Phi) is 7.00. The number of rotatable bonds is 6. The number of hydrogen-bond acceptors (Lipinski definition) is 4. The molecule has 1 fully saturated rings. The largest absolute Gasteiger partial charge is 0.359 e. The number of piperidine rings is 1. The van der Waals surface area contributed by atoms with Gasteiger partial charge in [-0.1, -0.05) is 24.3 Å². The Bertz CT molecular complexity index is 780. The molecular formula is C20H29N7O. The summed E-state index contributed by atoms with van der Waals surface area (Å²) < 4.78 is 1.81. The summed E-state index contributed by atoms with van der Waals surface area (Å²) in [6, 6.07) is 8.45. The first-order valence-electron chi connectivity index (χ1n) is 9.74. The fourth-order valence-electron chi connectivity index (χ4n) is 3.57. The molecule has 2 aromatic rings. The SMILES string of the molecule is CN=C(NCc1cccc(Cn2cncn2)c1)N1CCC(CC(=O)NC)CC1. The van der Waals surface area contributed by atoms with Crippen molar-refractivity contribution in [1.29, 1.82) is 0 Å². The zero-order chi connectivity index (χ0) is 19.8. The third-order valence-corrected chi connectivity index (χ3v) is 5.13. The lowest BCUT2D eigenvalue weighted by molar-refractivity contribution is -0.121. The van der Waals surface area contributed by atoms with Gasteiger partial charge in [-0.05, 0) is 29.9 Å². The summed E-state index contributed by atoms with van der Waals surface area (Å²) in [5, 5.41) is 10.3. The fourth-order valence-corrected chi connectivity index (χ4v) is 3.57. The second-order valence-electron chi connectivity index (χ2n) is 7.12. The molecule has 2 N–H and O–H groups in total. The molecule has 0 aliphatic carbocycles. The van der Waals surface area contributed by atoms with Crippen LogP contribution in [-0.2, 0) is 17.9 Å². The van der Waals surface area contributed by atoms with E-state index < -0.39 is 0 Å². The van der Waals surface area contributed by atoms with Gasteiger partial charge in [-0.3, -0.25) is 9.79 Å². The molecule has 0 spiro atoms. The number of nitrogens with one attached hydrogen (secondary N) is 2. The predicted octanol–water partition coefficient (Wildman–Crippen LogP) is 1.25. The molecule has 1 aromatic heterocycles. The van der Waals surface area contributed by atoms with Crippen LogP contribution in [0.2, 0.25) is 0 Å². The third kappa shape index (κ3) is 5.55. The predicted molar refractivity (Wildman–Crippen MR) is 109 cm³/mol. The number of amides is 1. The summed E-state index contributed by atoms with van der Waals surface area (Å²) in [6.45, 7) is 3.28. The van der Waals surface area contributed by atoms with Crippen molar-refractivity contribution in [2.24, 2.45) is 10.9 Å². The highest BCUT2D eigenvalue weighted by Crippen LogP contribution is 2.20. The Morgan fingerprint density at radius 1 is 1.29 bits per heavy atom. The van der Waals surface area contributed by atoms with Crippen LogP contribution < -0.4 is 10.6 Å². The van der Waals surface area contributed by atoms with Gasteiger partial charge in [-0.2, -0.15) is 5.10 Å². The summed E-state index contributed by atoms with van der Waals surface area (Å²) in [5.74, 6) is 1.51. The van der Waals surface area contributed by atoms with Crippen LogP contribution in [0.15, 0.2) is 41.9 Å². The molecule has 1 amide bonds. The first kappa shape index (κ1) is 19.9. The van der Waals surface area contributed by atoms with E-state index in [2.05, 4.69) is 54.9 Å². The molecule has 0 unspecified atom stereocenters. The van der Waals surface area contributed by atoms with Crippen LogP contribution in [-0.4, -0.2) is 58.7 Å². The van der Waals surface area contributed by atoms with Gasteiger partial charge in [0.15, 0.2) is 5.96 Å². The Morgan fingerprint density at radius 3 is 2.75 bits per heavy atom. The van der Waals surface area contributed by atoms with E-state index in [-0.39, 0.29) is 5.91 Å². The number of aromatic nitrogens is 3. The molecule has 3 rings (SSSR count). The minimum absolute atomic E-state index is 0.131. The van der Waals surface area contributed by atoms with E-state index in [1.165, 1.54) is 11.1 Å². The van der Waals surface area contributed by atoms with E-state index in [9.17, 15) is 4.79 Å². The van der Waals surface area contributed by atoms with Crippen molar-refractivity contribution in [2.75, 3.05) is 27.2 Å². The van der Waals surface area contributed by atoms with Crippen LogP contribution >= 0.6 is 0 Å². The van der Waals surface area contributed by atoms with Gasteiger partial charge in [-0.15, -0.1) is 0 Å². The molecule has 8 nitrogen and oxygen atoms in total. The number of carbonyl (C=O) groups is 1. The maximum atomic E-state index is 11.6. The molecule has 0 saturated carbocycles. The Labute approximate surface area is 166 Å². The summed E-state index contributed by atoms with van der Waals surface area (Å²) in [7, 11) is 3.52. The van der Waals surface area contributed by atoms with Crippen LogP contribution in [0.3, 0.4) is 0 Å². The van der Waals surface area contributed by atoms with Crippen molar-refractivity contribution in [2.45, 2.75) is 32.4 Å². The second-order valence-corrected chi connectivity index (χ2v) is 7.12. The zero-order valence-corrected chi connectivity index (χ0v) is 16.6. The van der Waals surface area contributed by atoms with E-state index in [0.717, 1.165) is 38.4 Å². The standard InChI is InChI=1S/C20H29N7O/c1-21-19(28)11-16-6-8-26(9-7-16)20(22-2)24-12-17-4-3-5-18(10-17)13-27-15-23-14-25-27/h3-5,10,14-16H,6-9,11-13H2,1-2H3,(H,21,28)(H,22,24). The monoisotopic (exact) mass is 383 g/mol. The first-order valence-corrected chi connectivity index (χ1v) is 9.74. The quantitative estimate of drug-likeness (QED) is 0.579.